The van der Waals surface area contributed by atoms with Crippen molar-refractivity contribution in [3.05, 3.63) is 70.7 Å². The van der Waals surface area contributed by atoms with E-state index in [1.54, 1.807) is 0 Å². The Labute approximate surface area is 139 Å². The van der Waals surface area contributed by atoms with Gasteiger partial charge in [-0.1, -0.05) is 53.8 Å². The maximum Gasteiger partial charge on any atom is 0.235 e. The van der Waals surface area contributed by atoms with E-state index in [-0.39, 0.29) is 11.4 Å². The maximum absolute atomic E-state index is 14.0. The van der Waals surface area contributed by atoms with E-state index >= 15 is 0 Å². The van der Waals surface area contributed by atoms with Gasteiger partial charge in [0.05, 0.1) is 5.56 Å². The van der Waals surface area contributed by atoms with Crippen LogP contribution >= 0.6 is 11.3 Å². The summed E-state index contributed by atoms with van der Waals surface area (Å²) >= 11 is 1.32. The van der Waals surface area contributed by atoms with Gasteiger partial charge in [-0.15, -0.1) is 10.2 Å². The molecule has 0 aliphatic heterocycles. The van der Waals surface area contributed by atoms with Crippen molar-refractivity contribution in [1.29, 1.82) is 0 Å². The summed E-state index contributed by atoms with van der Waals surface area (Å²) in [4.78, 5) is 0.515. The number of aromatic nitrogens is 4. The zero-order chi connectivity index (χ0) is 16.5. The minimum atomic E-state index is -0.957. The largest absolute Gasteiger partial charge is 0.235 e. The molecule has 0 saturated carbocycles. The molecule has 4 aromatic rings. The Morgan fingerprint density at radius 3 is 2.58 bits per heavy atom. The molecule has 2 aromatic carbocycles. The average molecular weight is 340 g/mol. The van der Waals surface area contributed by atoms with Crippen molar-refractivity contribution in [3.8, 4) is 11.4 Å². The van der Waals surface area contributed by atoms with Crippen molar-refractivity contribution in [3.63, 3.8) is 0 Å². The molecule has 0 aliphatic rings. The number of halogens is 2. The highest BCUT2D eigenvalue weighted by molar-refractivity contribution is 7.17. The highest BCUT2D eigenvalue weighted by Crippen LogP contribution is 2.25. The maximum atomic E-state index is 14.0. The van der Waals surface area contributed by atoms with Gasteiger partial charge in [-0.2, -0.15) is 9.61 Å². The first kappa shape index (κ1) is 14.6. The van der Waals surface area contributed by atoms with Gasteiger partial charge in [-0.3, -0.25) is 0 Å². The Balaban J connectivity index is 1.74. The van der Waals surface area contributed by atoms with E-state index < -0.39 is 11.6 Å². The van der Waals surface area contributed by atoms with Crippen molar-refractivity contribution in [2.24, 2.45) is 0 Å². The molecule has 24 heavy (non-hydrogen) atoms. The third-order valence-electron chi connectivity index (χ3n) is 3.42. The molecule has 0 N–H and O–H groups in total. The van der Waals surface area contributed by atoms with Gasteiger partial charge in [-0.25, -0.2) is 8.78 Å². The fraction of sp³-hybridized carbons (Fsp3) is 0. The first-order valence-electron chi connectivity index (χ1n) is 7.12. The summed E-state index contributed by atoms with van der Waals surface area (Å²) in [5, 5.41) is 13.0. The molecule has 0 aliphatic carbocycles. The molecule has 0 saturated heterocycles. The normalized spacial score (nSPS) is 11.6. The van der Waals surface area contributed by atoms with E-state index in [0.717, 1.165) is 11.6 Å². The van der Waals surface area contributed by atoms with Gasteiger partial charge in [0.25, 0.3) is 0 Å². The van der Waals surface area contributed by atoms with Crippen molar-refractivity contribution >= 4 is 28.4 Å². The Bertz CT molecular complexity index is 1040. The smallest absolute Gasteiger partial charge is 0.204 e. The lowest BCUT2D eigenvalue weighted by atomic mass is 10.2. The van der Waals surface area contributed by atoms with E-state index in [4.69, 9.17) is 0 Å². The SMILES string of the molecule is Fc1cccc(-c2nnc3sc(/C=C/c4ccccc4)nn23)c1F. The number of benzene rings is 2. The van der Waals surface area contributed by atoms with Gasteiger partial charge in [0.1, 0.15) is 5.01 Å². The fourth-order valence-corrected chi connectivity index (χ4v) is 3.02. The topological polar surface area (TPSA) is 43.1 Å². The molecule has 0 spiro atoms. The average Bonchev–Trinajstić information content (AvgIpc) is 3.17. The number of hydrogen-bond acceptors (Lipinski definition) is 4. The van der Waals surface area contributed by atoms with Crippen LogP contribution in [0.25, 0.3) is 28.5 Å². The third kappa shape index (κ3) is 2.59. The van der Waals surface area contributed by atoms with E-state index in [2.05, 4.69) is 15.3 Å². The second-order valence-corrected chi connectivity index (χ2v) is 5.99. The standard InChI is InChI=1S/C17H10F2N4S/c18-13-8-4-7-12(15(13)19)16-20-21-17-23(16)22-14(24-17)10-9-11-5-2-1-3-6-11/h1-10H/b10-9+. The highest BCUT2D eigenvalue weighted by atomic mass is 32.1. The lowest BCUT2D eigenvalue weighted by Gasteiger charge is -1.99. The van der Waals surface area contributed by atoms with Crippen LogP contribution in [0.15, 0.2) is 48.5 Å². The van der Waals surface area contributed by atoms with Crippen LogP contribution in [0.4, 0.5) is 8.78 Å². The van der Waals surface area contributed by atoms with Gasteiger partial charge >= 0.3 is 0 Å². The van der Waals surface area contributed by atoms with E-state index in [9.17, 15) is 8.78 Å². The zero-order valence-corrected chi connectivity index (χ0v) is 13.0. The van der Waals surface area contributed by atoms with Crippen LogP contribution < -0.4 is 0 Å². The van der Waals surface area contributed by atoms with Gasteiger partial charge in [0, 0.05) is 0 Å². The monoisotopic (exact) mass is 340 g/mol. The lowest BCUT2D eigenvalue weighted by Crippen LogP contribution is -1.95. The first-order valence-corrected chi connectivity index (χ1v) is 7.94. The Kier molecular flexibility index (Phi) is 3.62. The molecule has 0 radical (unpaired) electrons. The summed E-state index contributed by atoms with van der Waals surface area (Å²) < 4.78 is 28.8. The summed E-state index contributed by atoms with van der Waals surface area (Å²) in [6, 6.07) is 13.7. The second-order valence-electron chi connectivity index (χ2n) is 5.00. The molecule has 118 valence electrons. The third-order valence-corrected chi connectivity index (χ3v) is 4.28. The molecule has 2 aromatic heterocycles. The molecule has 0 atom stereocenters. The van der Waals surface area contributed by atoms with Crippen molar-refractivity contribution in [1.82, 2.24) is 19.8 Å². The van der Waals surface area contributed by atoms with Gasteiger partial charge in [-0.05, 0) is 23.8 Å². The molecule has 7 heteroatoms. The number of nitrogens with zero attached hydrogens (tertiary/aromatic N) is 4. The fourth-order valence-electron chi connectivity index (χ4n) is 2.28. The summed E-state index contributed by atoms with van der Waals surface area (Å²) in [6.07, 6.45) is 3.77. The molecule has 4 rings (SSSR count). The highest BCUT2D eigenvalue weighted by Gasteiger charge is 2.17. The summed E-state index contributed by atoms with van der Waals surface area (Å²) in [6.45, 7) is 0. The van der Waals surface area contributed by atoms with Crippen LogP contribution in [0, 0.1) is 11.6 Å². The summed E-state index contributed by atoms with van der Waals surface area (Å²) in [5.74, 6) is -1.71. The molecule has 0 bridgehead atoms. The van der Waals surface area contributed by atoms with Crippen molar-refractivity contribution < 1.29 is 8.78 Å². The number of hydrogen-bond donors (Lipinski definition) is 0. The van der Waals surface area contributed by atoms with Crippen LogP contribution in [-0.4, -0.2) is 19.8 Å². The molecular formula is C17H10F2N4S. The van der Waals surface area contributed by atoms with Crippen LogP contribution in [-0.2, 0) is 0 Å². The van der Waals surface area contributed by atoms with Gasteiger partial charge in [0.15, 0.2) is 17.5 Å². The predicted octanol–water partition coefficient (Wildman–Crippen LogP) is 4.30. The van der Waals surface area contributed by atoms with Crippen LogP contribution in [0.1, 0.15) is 10.6 Å². The van der Waals surface area contributed by atoms with Crippen LogP contribution in [0.5, 0.6) is 0 Å². The molecule has 0 amide bonds. The van der Waals surface area contributed by atoms with E-state index in [1.807, 2.05) is 42.5 Å². The van der Waals surface area contributed by atoms with Crippen LogP contribution in [0.2, 0.25) is 0 Å². The minimum absolute atomic E-state index is 0.0337. The summed E-state index contributed by atoms with van der Waals surface area (Å²) in [5.41, 5.74) is 1.08. The number of fused-ring (bicyclic) bond motifs is 1. The molecule has 0 unspecified atom stereocenters. The van der Waals surface area contributed by atoms with E-state index in [1.165, 1.54) is 28.0 Å². The molecule has 0 fully saturated rings. The second kappa shape index (κ2) is 5.93. The van der Waals surface area contributed by atoms with Crippen molar-refractivity contribution in [2.45, 2.75) is 0 Å². The molecule has 2 heterocycles. The lowest BCUT2D eigenvalue weighted by molar-refractivity contribution is 0.510. The predicted molar refractivity (Wildman–Crippen MR) is 89.4 cm³/mol. The Morgan fingerprint density at radius 1 is 0.917 bits per heavy atom. The van der Waals surface area contributed by atoms with Gasteiger partial charge < -0.3 is 0 Å². The molecule has 4 nitrogen and oxygen atoms in total. The van der Waals surface area contributed by atoms with Crippen molar-refractivity contribution in [2.75, 3.05) is 0 Å². The summed E-state index contributed by atoms with van der Waals surface area (Å²) in [7, 11) is 0. The van der Waals surface area contributed by atoms with E-state index in [0.29, 0.717) is 9.97 Å². The van der Waals surface area contributed by atoms with Crippen LogP contribution in [0.3, 0.4) is 0 Å². The zero-order valence-electron chi connectivity index (χ0n) is 12.2. The van der Waals surface area contributed by atoms with Gasteiger partial charge in [0.2, 0.25) is 4.96 Å². The number of rotatable bonds is 3. The quantitative estimate of drug-likeness (QED) is 0.558. The Hall–Kier alpha value is -2.93. The minimum Gasteiger partial charge on any atom is -0.204 e. The Morgan fingerprint density at radius 2 is 1.75 bits per heavy atom. The molecular weight excluding hydrogens is 330 g/mol. The first-order chi connectivity index (χ1) is 11.7.